The number of aromatic nitrogens is 4. The molecule has 0 atom stereocenters. The van der Waals surface area contributed by atoms with Gasteiger partial charge in [0.1, 0.15) is 22.3 Å². The van der Waals surface area contributed by atoms with Crippen LogP contribution in [0.25, 0.3) is 158 Å². The zero-order valence-electron chi connectivity index (χ0n) is 38.3. The van der Waals surface area contributed by atoms with Crippen LogP contribution >= 0.6 is 11.3 Å². The molecule has 0 aliphatic carbocycles. The van der Waals surface area contributed by atoms with Gasteiger partial charge in [-0.2, -0.15) is 0 Å². The molecule has 0 saturated carbocycles. The molecule has 334 valence electrons. The maximum Gasteiger partial charge on any atom is 0.164 e. The maximum absolute atomic E-state index is 6.44. The van der Waals surface area contributed by atoms with E-state index >= 15 is 0 Å². The lowest BCUT2D eigenvalue weighted by Crippen LogP contribution is -2.02. The van der Waals surface area contributed by atoms with Crippen LogP contribution in [0, 0.1) is 0 Å². The topological polar surface area (TPSA) is 69.9 Å². The van der Waals surface area contributed by atoms with Gasteiger partial charge in [0.2, 0.25) is 0 Å². The monoisotopic (exact) mass is 936 g/mol. The minimum atomic E-state index is 0.550. The van der Waals surface area contributed by atoms with E-state index in [1.165, 1.54) is 58.0 Å². The first-order chi connectivity index (χ1) is 35.7. The van der Waals surface area contributed by atoms with Crippen LogP contribution in [-0.2, 0) is 0 Å². The van der Waals surface area contributed by atoms with E-state index in [-0.39, 0.29) is 0 Å². The van der Waals surface area contributed by atoms with Crippen molar-refractivity contribution >= 4 is 119 Å². The Morgan fingerprint density at radius 2 is 0.889 bits per heavy atom. The van der Waals surface area contributed by atoms with Gasteiger partial charge in [0, 0.05) is 80.1 Å². The van der Waals surface area contributed by atoms with Crippen molar-refractivity contribution in [2.45, 2.75) is 0 Å². The average Bonchev–Trinajstić information content (AvgIpc) is 4.21. The Hall–Kier alpha value is -9.43. The van der Waals surface area contributed by atoms with Gasteiger partial charge in [0.05, 0.1) is 16.7 Å². The summed E-state index contributed by atoms with van der Waals surface area (Å²) in [7, 11) is 0. The third-order valence-electron chi connectivity index (χ3n) is 14.6. The van der Waals surface area contributed by atoms with Crippen LogP contribution in [-0.4, -0.2) is 19.5 Å². The number of rotatable bonds is 5. The second-order valence-corrected chi connectivity index (χ2v) is 19.7. The summed E-state index contributed by atoms with van der Waals surface area (Å²) >= 11 is 1.83. The van der Waals surface area contributed by atoms with E-state index in [1.807, 2.05) is 72.0 Å². The predicted octanol–water partition coefficient (Wildman–Crippen LogP) is 18.1. The van der Waals surface area contributed by atoms with E-state index in [9.17, 15) is 0 Å². The van der Waals surface area contributed by atoms with Crippen LogP contribution in [0.15, 0.2) is 227 Å². The summed E-state index contributed by atoms with van der Waals surface area (Å²) in [5.74, 6) is 1.65. The number of benzene rings is 11. The molecule has 0 aliphatic heterocycles. The number of furan rings is 2. The fraction of sp³-hybridized carbons (Fsp3) is 0. The van der Waals surface area contributed by atoms with Crippen molar-refractivity contribution < 1.29 is 8.83 Å². The normalized spacial score (nSPS) is 12.2. The fourth-order valence-electron chi connectivity index (χ4n) is 11.5. The molecule has 0 saturated heterocycles. The molecule has 0 unspecified atom stereocenters. The summed E-state index contributed by atoms with van der Waals surface area (Å²) in [5, 5.41) is 13.6. The molecule has 0 bridgehead atoms. The molecule has 7 heteroatoms. The molecule has 72 heavy (non-hydrogen) atoms. The first-order valence-corrected chi connectivity index (χ1v) is 25.0. The van der Waals surface area contributed by atoms with Crippen molar-refractivity contribution in [3.8, 4) is 51.0 Å². The number of hydrogen-bond acceptors (Lipinski definition) is 6. The Bertz CT molecular complexity index is 4830. The Morgan fingerprint density at radius 1 is 0.333 bits per heavy atom. The molecule has 16 aromatic rings. The van der Waals surface area contributed by atoms with Crippen molar-refractivity contribution in [1.82, 2.24) is 19.5 Å². The second-order valence-electron chi connectivity index (χ2n) is 18.6. The third-order valence-corrected chi connectivity index (χ3v) is 15.8. The van der Waals surface area contributed by atoms with Crippen LogP contribution in [0.4, 0.5) is 0 Å². The third kappa shape index (κ3) is 5.74. The lowest BCUT2D eigenvalue weighted by molar-refractivity contribution is 0.668. The van der Waals surface area contributed by atoms with Gasteiger partial charge in [-0.15, -0.1) is 11.3 Å². The largest absolute Gasteiger partial charge is 0.456 e. The Kier molecular flexibility index (Phi) is 8.23. The highest BCUT2D eigenvalue weighted by atomic mass is 32.1. The van der Waals surface area contributed by atoms with Crippen molar-refractivity contribution in [1.29, 1.82) is 0 Å². The van der Waals surface area contributed by atoms with Crippen LogP contribution in [0.2, 0.25) is 0 Å². The molecular weight excluding hydrogens is 901 g/mol. The molecule has 0 radical (unpaired) electrons. The zero-order chi connectivity index (χ0) is 47.0. The van der Waals surface area contributed by atoms with Crippen molar-refractivity contribution in [2.24, 2.45) is 0 Å². The lowest BCUT2D eigenvalue weighted by Gasteiger charge is -2.18. The summed E-state index contributed by atoms with van der Waals surface area (Å²) in [6.45, 7) is 0. The zero-order valence-corrected chi connectivity index (χ0v) is 39.1. The van der Waals surface area contributed by atoms with Crippen LogP contribution in [0.5, 0.6) is 0 Å². The number of nitrogens with zero attached hydrogens (tertiary/aromatic N) is 4. The Labute approximate surface area is 414 Å². The molecule has 5 heterocycles. The second kappa shape index (κ2) is 15.0. The van der Waals surface area contributed by atoms with Gasteiger partial charge in [-0.25, -0.2) is 15.0 Å². The average molecular weight is 937 g/mol. The van der Waals surface area contributed by atoms with E-state index < -0.39 is 0 Å². The van der Waals surface area contributed by atoms with E-state index in [1.54, 1.807) is 0 Å². The quantitative estimate of drug-likeness (QED) is 0.172. The SMILES string of the molecule is c1ccc2cc3c(cc2c1)c1ccc2ccccc2c1n3-c1ccc(-c2nc(-c3cccc4oc5ccccc5c34)nc(-c3cccc4oc5ccccc5c34)n2)cc1-c1cccc2sc3ccccc3c12. The van der Waals surface area contributed by atoms with Crippen LogP contribution in [0.3, 0.4) is 0 Å². The highest BCUT2D eigenvalue weighted by molar-refractivity contribution is 7.26. The molecule has 5 aromatic heterocycles. The van der Waals surface area contributed by atoms with E-state index in [4.69, 9.17) is 23.8 Å². The van der Waals surface area contributed by atoms with Gasteiger partial charge in [-0.05, 0) is 88.5 Å². The molecule has 0 spiro atoms. The molecule has 6 nitrogen and oxygen atoms in total. The minimum absolute atomic E-state index is 0.550. The number of thiophene rings is 1. The minimum Gasteiger partial charge on any atom is -0.456 e. The first kappa shape index (κ1) is 39.4. The standard InChI is InChI=1S/C65H36N4O2S/c1-2-16-39-36-52-50(34-38(39)15-1)43-32-30-37-14-3-4-17-41(37)62(43)69(52)51-33-31-40(35-49(51)42-21-13-29-58-61(42)46-20-7-10-28-57(46)72-58)63-66-64(47-22-11-26-55-59(47)44-18-5-8-24-53(44)70-55)68-65(67-63)48-23-12-27-56-60(48)45-19-6-9-25-54(45)71-56/h1-36H. The molecule has 0 aliphatic rings. The van der Waals surface area contributed by atoms with Crippen molar-refractivity contribution in [3.05, 3.63) is 218 Å². The van der Waals surface area contributed by atoms with Gasteiger partial charge in [0.25, 0.3) is 0 Å². The van der Waals surface area contributed by atoms with Crippen LogP contribution in [0.1, 0.15) is 0 Å². The summed E-state index contributed by atoms with van der Waals surface area (Å²) in [5.41, 5.74) is 11.3. The van der Waals surface area contributed by atoms with Gasteiger partial charge >= 0.3 is 0 Å². The summed E-state index contributed by atoms with van der Waals surface area (Å²) in [6.07, 6.45) is 0. The summed E-state index contributed by atoms with van der Waals surface area (Å²) < 4.78 is 17.9. The van der Waals surface area contributed by atoms with E-state index in [2.05, 4.69) is 162 Å². The van der Waals surface area contributed by atoms with Crippen LogP contribution < -0.4 is 0 Å². The van der Waals surface area contributed by atoms with Crippen molar-refractivity contribution in [3.63, 3.8) is 0 Å². The van der Waals surface area contributed by atoms with E-state index in [0.29, 0.717) is 17.5 Å². The Morgan fingerprint density at radius 3 is 1.61 bits per heavy atom. The molecule has 0 fully saturated rings. The summed E-state index contributed by atoms with van der Waals surface area (Å²) in [6, 6.07) is 77.6. The smallest absolute Gasteiger partial charge is 0.164 e. The molecule has 0 N–H and O–H groups in total. The first-order valence-electron chi connectivity index (χ1n) is 24.2. The van der Waals surface area contributed by atoms with E-state index in [0.717, 1.165) is 82.9 Å². The highest BCUT2D eigenvalue weighted by Crippen LogP contribution is 2.47. The fourth-order valence-corrected chi connectivity index (χ4v) is 12.6. The molecule has 11 aromatic carbocycles. The highest BCUT2D eigenvalue weighted by Gasteiger charge is 2.24. The van der Waals surface area contributed by atoms with Gasteiger partial charge in [0.15, 0.2) is 17.5 Å². The molecule has 16 rings (SSSR count). The van der Waals surface area contributed by atoms with Gasteiger partial charge in [-0.3, -0.25) is 0 Å². The van der Waals surface area contributed by atoms with Gasteiger partial charge < -0.3 is 13.4 Å². The Balaban J connectivity index is 1.03. The number of hydrogen-bond donors (Lipinski definition) is 0. The molecule has 0 amide bonds. The maximum atomic E-state index is 6.44. The van der Waals surface area contributed by atoms with Crippen molar-refractivity contribution in [2.75, 3.05) is 0 Å². The molecular formula is C65H36N4O2S. The lowest BCUT2D eigenvalue weighted by atomic mass is 9.95. The predicted molar refractivity (Wildman–Crippen MR) is 298 cm³/mol. The number of para-hydroxylation sites is 2. The van der Waals surface area contributed by atoms with Gasteiger partial charge in [-0.1, -0.05) is 152 Å². The summed E-state index contributed by atoms with van der Waals surface area (Å²) in [4.78, 5) is 16.3. The number of fused-ring (bicyclic) bond motifs is 15.